The largest absolute Gasteiger partial charge is 0.387 e. The molecule has 1 aromatic rings. The third-order valence-corrected chi connectivity index (χ3v) is 3.83. The third kappa shape index (κ3) is 4.44. The van der Waals surface area contributed by atoms with E-state index in [1.54, 1.807) is 23.9 Å². The van der Waals surface area contributed by atoms with Crippen LogP contribution in [-0.4, -0.2) is 15.6 Å². The molecule has 0 amide bonds. The summed E-state index contributed by atoms with van der Waals surface area (Å²) >= 11 is 4.89. The fraction of sp³-hybridized carbons (Fsp3) is 0.500. The highest BCUT2D eigenvalue weighted by atomic mass is 79.9. The topological polar surface area (TPSA) is 20.2 Å². The van der Waals surface area contributed by atoms with E-state index >= 15 is 0 Å². The van der Waals surface area contributed by atoms with Crippen molar-refractivity contribution < 1.29 is 9.50 Å². The Morgan fingerprint density at radius 3 is 2.62 bits per heavy atom. The molecule has 0 aliphatic heterocycles. The number of rotatable bonds is 3. The van der Waals surface area contributed by atoms with Crippen molar-refractivity contribution in [1.29, 1.82) is 0 Å². The summed E-state index contributed by atoms with van der Waals surface area (Å²) in [4.78, 5) is 0. The van der Waals surface area contributed by atoms with Crippen LogP contribution in [0.3, 0.4) is 0 Å². The number of benzene rings is 1. The van der Waals surface area contributed by atoms with Gasteiger partial charge in [-0.05, 0) is 18.2 Å². The zero-order valence-electron chi connectivity index (χ0n) is 9.63. The first kappa shape index (κ1) is 14.0. The Kier molecular flexibility index (Phi) is 4.83. The second-order valence-corrected chi connectivity index (χ2v) is 7.37. The van der Waals surface area contributed by atoms with Crippen LogP contribution in [0.1, 0.15) is 32.4 Å². The van der Waals surface area contributed by atoms with Gasteiger partial charge in [0.1, 0.15) is 5.82 Å². The van der Waals surface area contributed by atoms with Crippen molar-refractivity contribution in [3.63, 3.8) is 0 Å². The number of hydrogen-bond donors (Lipinski definition) is 1. The van der Waals surface area contributed by atoms with Crippen molar-refractivity contribution in [2.24, 2.45) is 0 Å². The number of hydrogen-bond acceptors (Lipinski definition) is 2. The molecule has 0 heterocycles. The van der Waals surface area contributed by atoms with Gasteiger partial charge in [-0.25, -0.2) is 4.39 Å². The highest BCUT2D eigenvalue weighted by Gasteiger charge is 2.17. The van der Waals surface area contributed by atoms with Gasteiger partial charge in [-0.2, -0.15) is 11.8 Å². The smallest absolute Gasteiger partial charge is 0.129 e. The van der Waals surface area contributed by atoms with Crippen molar-refractivity contribution in [3.05, 3.63) is 34.1 Å². The van der Waals surface area contributed by atoms with Crippen molar-refractivity contribution >= 4 is 27.7 Å². The first-order valence-electron chi connectivity index (χ1n) is 5.06. The van der Waals surface area contributed by atoms with Crippen LogP contribution in [0.4, 0.5) is 4.39 Å². The molecule has 0 spiro atoms. The molecule has 0 aromatic heterocycles. The molecule has 0 radical (unpaired) electrons. The van der Waals surface area contributed by atoms with Gasteiger partial charge in [-0.1, -0.05) is 36.7 Å². The predicted octanol–water partition coefficient (Wildman–Crippen LogP) is 4.15. The summed E-state index contributed by atoms with van der Waals surface area (Å²) in [5, 5.41) is 9.91. The van der Waals surface area contributed by atoms with E-state index in [9.17, 15) is 9.50 Å². The molecule has 4 heteroatoms. The summed E-state index contributed by atoms with van der Waals surface area (Å²) in [5.41, 5.74) is 0.353. The molecule has 0 bridgehead atoms. The number of aliphatic hydroxyl groups is 1. The van der Waals surface area contributed by atoms with E-state index in [0.717, 1.165) is 4.47 Å². The van der Waals surface area contributed by atoms with E-state index in [2.05, 4.69) is 36.7 Å². The van der Waals surface area contributed by atoms with Crippen LogP contribution in [0.15, 0.2) is 22.7 Å². The molecule has 1 nitrogen and oxygen atoms in total. The highest BCUT2D eigenvalue weighted by molar-refractivity contribution is 9.10. The average molecular weight is 307 g/mol. The molecular formula is C12H16BrFOS. The molecule has 16 heavy (non-hydrogen) atoms. The van der Waals surface area contributed by atoms with Crippen molar-refractivity contribution in [1.82, 2.24) is 0 Å². The van der Waals surface area contributed by atoms with Gasteiger partial charge in [-0.3, -0.25) is 0 Å². The first-order valence-corrected chi connectivity index (χ1v) is 6.84. The highest BCUT2D eigenvalue weighted by Crippen LogP contribution is 2.30. The lowest BCUT2D eigenvalue weighted by Crippen LogP contribution is -2.12. The monoisotopic (exact) mass is 306 g/mol. The summed E-state index contributed by atoms with van der Waals surface area (Å²) in [6.45, 7) is 6.21. The van der Waals surface area contributed by atoms with Gasteiger partial charge in [0.15, 0.2) is 0 Å². The van der Waals surface area contributed by atoms with Gasteiger partial charge < -0.3 is 5.11 Å². The molecule has 1 rings (SSSR count). The lowest BCUT2D eigenvalue weighted by molar-refractivity contribution is 0.198. The fourth-order valence-corrected chi connectivity index (χ4v) is 2.40. The molecule has 0 saturated heterocycles. The zero-order valence-corrected chi connectivity index (χ0v) is 12.0. The summed E-state index contributed by atoms with van der Waals surface area (Å²) in [5.74, 6) is 0.141. The van der Waals surface area contributed by atoms with Gasteiger partial charge in [0.2, 0.25) is 0 Å². The van der Waals surface area contributed by atoms with Crippen LogP contribution in [0.2, 0.25) is 0 Å². The molecule has 0 aliphatic rings. The van der Waals surface area contributed by atoms with Gasteiger partial charge in [-0.15, -0.1) is 0 Å². The Labute approximate surface area is 109 Å². The van der Waals surface area contributed by atoms with Crippen LogP contribution in [0, 0.1) is 5.82 Å². The second kappa shape index (κ2) is 5.52. The average Bonchev–Trinajstić information content (AvgIpc) is 2.17. The minimum Gasteiger partial charge on any atom is -0.387 e. The van der Waals surface area contributed by atoms with Gasteiger partial charge in [0.05, 0.1) is 6.10 Å². The minimum absolute atomic E-state index is 0.0729. The summed E-state index contributed by atoms with van der Waals surface area (Å²) < 4.78 is 14.3. The molecule has 0 aliphatic carbocycles. The summed E-state index contributed by atoms with van der Waals surface area (Å²) in [7, 11) is 0. The third-order valence-electron chi connectivity index (χ3n) is 1.99. The van der Waals surface area contributed by atoms with E-state index in [-0.39, 0.29) is 10.6 Å². The Balaban J connectivity index is 2.73. The van der Waals surface area contributed by atoms with Gasteiger partial charge >= 0.3 is 0 Å². The maximum absolute atomic E-state index is 13.4. The van der Waals surface area contributed by atoms with E-state index in [1.807, 2.05) is 0 Å². The van der Waals surface area contributed by atoms with E-state index in [4.69, 9.17) is 0 Å². The SMILES string of the molecule is CC(C)(C)SCC(O)c1cc(Br)ccc1F. The lowest BCUT2D eigenvalue weighted by Gasteiger charge is -2.20. The molecule has 1 aromatic carbocycles. The van der Waals surface area contributed by atoms with Crippen LogP contribution < -0.4 is 0 Å². The lowest BCUT2D eigenvalue weighted by atomic mass is 10.1. The quantitative estimate of drug-likeness (QED) is 0.905. The Morgan fingerprint density at radius 1 is 1.44 bits per heavy atom. The molecular weight excluding hydrogens is 291 g/mol. The van der Waals surface area contributed by atoms with Gasteiger partial charge in [0, 0.05) is 20.5 Å². The zero-order chi connectivity index (χ0) is 12.3. The van der Waals surface area contributed by atoms with Gasteiger partial charge in [0.25, 0.3) is 0 Å². The molecule has 1 N–H and O–H groups in total. The summed E-state index contributed by atoms with van der Waals surface area (Å²) in [6, 6.07) is 4.62. The van der Waals surface area contributed by atoms with E-state index in [0.29, 0.717) is 11.3 Å². The van der Waals surface area contributed by atoms with Crippen molar-refractivity contribution in [3.8, 4) is 0 Å². The number of aliphatic hydroxyl groups excluding tert-OH is 1. The standard InChI is InChI=1S/C12H16BrFOS/c1-12(2,3)16-7-11(15)9-6-8(13)4-5-10(9)14/h4-6,11,15H,7H2,1-3H3. The van der Waals surface area contributed by atoms with Crippen molar-refractivity contribution in [2.45, 2.75) is 31.6 Å². The Hall–Kier alpha value is -0.0600. The van der Waals surface area contributed by atoms with E-state index < -0.39 is 6.10 Å². The Morgan fingerprint density at radius 2 is 2.06 bits per heavy atom. The van der Waals surface area contributed by atoms with Crippen LogP contribution in [-0.2, 0) is 0 Å². The molecule has 90 valence electrons. The van der Waals surface area contributed by atoms with Crippen molar-refractivity contribution in [2.75, 3.05) is 5.75 Å². The van der Waals surface area contributed by atoms with Crippen LogP contribution >= 0.6 is 27.7 Å². The molecule has 0 fully saturated rings. The molecule has 1 atom stereocenters. The maximum Gasteiger partial charge on any atom is 0.129 e. The minimum atomic E-state index is -0.762. The first-order chi connectivity index (χ1) is 7.29. The number of halogens is 2. The molecule has 1 unspecified atom stereocenters. The fourth-order valence-electron chi connectivity index (χ4n) is 1.19. The van der Waals surface area contributed by atoms with Crippen LogP contribution in [0.25, 0.3) is 0 Å². The maximum atomic E-state index is 13.4. The molecule has 0 saturated carbocycles. The Bertz CT molecular complexity index is 363. The second-order valence-electron chi connectivity index (χ2n) is 4.61. The van der Waals surface area contributed by atoms with E-state index in [1.165, 1.54) is 6.07 Å². The number of thioether (sulfide) groups is 1. The van der Waals surface area contributed by atoms with Crippen LogP contribution in [0.5, 0.6) is 0 Å². The summed E-state index contributed by atoms with van der Waals surface area (Å²) in [6.07, 6.45) is -0.762. The normalized spacial score (nSPS) is 13.9. The predicted molar refractivity (Wildman–Crippen MR) is 71.3 cm³/mol.